The summed E-state index contributed by atoms with van der Waals surface area (Å²) in [7, 11) is 0. The Morgan fingerprint density at radius 3 is 2.89 bits per heavy atom. The van der Waals surface area contributed by atoms with Crippen molar-refractivity contribution in [1.82, 2.24) is 5.32 Å². The van der Waals surface area contributed by atoms with Crippen LogP contribution >= 0.6 is 23.2 Å². The van der Waals surface area contributed by atoms with Crippen LogP contribution < -0.4 is 5.32 Å². The summed E-state index contributed by atoms with van der Waals surface area (Å²) < 4.78 is 5.42. The van der Waals surface area contributed by atoms with Crippen LogP contribution in [0.1, 0.15) is 24.9 Å². The zero-order chi connectivity index (χ0) is 13.4. The number of nitrogens with one attached hydrogen (secondary N) is 1. The van der Waals surface area contributed by atoms with Crippen LogP contribution in [-0.2, 0) is 4.74 Å². The predicted octanol–water partition coefficient (Wildman–Crippen LogP) is 4.24. The minimum Gasteiger partial charge on any atom is -0.380 e. The molecule has 1 unspecified atom stereocenters. The molecule has 0 saturated carbocycles. The largest absolute Gasteiger partial charge is 0.380 e. The molecule has 2 nitrogen and oxygen atoms in total. The zero-order valence-corrected chi connectivity index (χ0v) is 12.1. The highest BCUT2D eigenvalue weighted by Gasteiger charge is 2.09. The lowest BCUT2D eigenvalue weighted by Gasteiger charge is -2.16. The summed E-state index contributed by atoms with van der Waals surface area (Å²) in [5.74, 6) is 0. The number of ether oxygens (including phenoxy) is 1. The van der Waals surface area contributed by atoms with E-state index in [1.54, 1.807) is 6.07 Å². The van der Waals surface area contributed by atoms with Crippen molar-refractivity contribution in [2.75, 3.05) is 19.8 Å². The molecule has 0 aliphatic heterocycles. The van der Waals surface area contributed by atoms with Gasteiger partial charge in [-0.3, -0.25) is 0 Å². The minimum atomic E-state index is 0.152. The molecule has 100 valence electrons. The van der Waals surface area contributed by atoms with Crippen LogP contribution in [-0.4, -0.2) is 19.8 Å². The summed E-state index contributed by atoms with van der Waals surface area (Å²) in [5, 5.41) is 4.78. The van der Waals surface area contributed by atoms with Crippen molar-refractivity contribution in [2.24, 2.45) is 0 Å². The Balaban J connectivity index is 2.33. The predicted molar refractivity (Wildman–Crippen MR) is 78.5 cm³/mol. The molecule has 0 aliphatic rings. The van der Waals surface area contributed by atoms with Crippen molar-refractivity contribution in [3.05, 3.63) is 46.5 Å². The second kappa shape index (κ2) is 8.54. The van der Waals surface area contributed by atoms with Crippen LogP contribution in [0, 0.1) is 0 Å². The lowest BCUT2D eigenvalue weighted by Crippen LogP contribution is -2.23. The Morgan fingerprint density at radius 2 is 2.17 bits per heavy atom. The van der Waals surface area contributed by atoms with Gasteiger partial charge in [-0.05, 0) is 37.1 Å². The van der Waals surface area contributed by atoms with E-state index in [4.69, 9.17) is 27.9 Å². The van der Waals surface area contributed by atoms with Gasteiger partial charge in [0.05, 0.1) is 13.2 Å². The number of halogens is 2. The topological polar surface area (TPSA) is 21.3 Å². The Hall–Kier alpha value is -0.540. The third kappa shape index (κ3) is 5.40. The first kappa shape index (κ1) is 15.5. The maximum absolute atomic E-state index is 6.13. The quantitative estimate of drug-likeness (QED) is 0.570. The normalized spacial score (nSPS) is 12.4. The van der Waals surface area contributed by atoms with Crippen molar-refractivity contribution in [1.29, 1.82) is 0 Å². The van der Waals surface area contributed by atoms with Crippen molar-refractivity contribution in [2.45, 2.75) is 19.4 Å². The lowest BCUT2D eigenvalue weighted by atomic mass is 10.1. The molecule has 0 spiro atoms. The van der Waals surface area contributed by atoms with Gasteiger partial charge >= 0.3 is 0 Å². The SMILES string of the molecule is C=CCCOCCNC(C)c1cc(Cl)ccc1Cl. The van der Waals surface area contributed by atoms with Gasteiger partial charge in [-0.2, -0.15) is 0 Å². The third-order valence-corrected chi connectivity index (χ3v) is 3.17. The summed E-state index contributed by atoms with van der Waals surface area (Å²) >= 11 is 12.1. The molecule has 1 rings (SSSR count). The average Bonchev–Trinajstić information content (AvgIpc) is 2.36. The monoisotopic (exact) mass is 287 g/mol. The molecular formula is C14H19Cl2NO. The minimum absolute atomic E-state index is 0.152. The van der Waals surface area contributed by atoms with Gasteiger partial charge < -0.3 is 10.1 Å². The summed E-state index contributed by atoms with van der Waals surface area (Å²) in [6.07, 6.45) is 2.73. The maximum Gasteiger partial charge on any atom is 0.0591 e. The van der Waals surface area contributed by atoms with Crippen molar-refractivity contribution in [3.63, 3.8) is 0 Å². The fourth-order valence-corrected chi connectivity index (χ4v) is 2.03. The maximum atomic E-state index is 6.13. The molecule has 1 atom stereocenters. The van der Waals surface area contributed by atoms with Gasteiger partial charge in [-0.25, -0.2) is 0 Å². The molecule has 1 aromatic carbocycles. The second-order valence-electron chi connectivity index (χ2n) is 4.03. The van der Waals surface area contributed by atoms with Crippen LogP contribution in [0.25, 0.3) is 0 Å². The zero-order valence-electron chi connectivity index (χ0n) is 10.6. The summed E-state index contributed by atoms with van der Waals surface area (Å²) in [6, 6.07) is 5.65. The number of hydrogen-bond donors (Lipinski definition) is 1. The Kier molecular flexibility index (Phi) is 7.36. The molecule has 0 fully saturated rings. The molecule has 0 radical (unpaired) electrons. The van der Waals surface area contributed by atoms with Gasteiger partial charge in [0.25, 0.3) is 0 Å². The van der Waals surface area contributed by atoms with E-state index in [9.17, 15) is 0 Å². The number of rotatable bonds is 8. The third-order valence-electron chi connectivity index (χ3n) is 2.59. The molecule has 0 bridgehead atoms. The molecule has 0 aromatic heterocycles. The highest BCUT2D eigenvalue weighted by atomic mass is 35.5. The number of benzene rings is 1. The first-order valence-corrected chi connectivity index (χ1v) is 6.77. The van der Waals surface area contributed by atoms with Crippen LogP contribution in [0.4, 0.5) is 0 Å². The van der Waals surface area contributed by atoms with Gasteiger partial charge in [0.2, 0.25) is 0 Å². The van der Waals surface area contributed by atoms with E-state index in [0.29, 0.717) is 11.6 Å². The summed E-state index contributed by atoms with van der Waals surface area (Å²) in [5.41, 5.74) is 1.01. The van der Waals surface area contributed by atoms with Gasteiger partial charge in [-0.15, -0.1) is 6.58 Å². The summed E-state index contributed by atoms with van der Waals surface area (Å²) in [6.45, 7) is 7.87. The molecule has 1 aromatic rings. The number of hydrogen-bond acceptors (Lipinski definition) is 2. The molecule has 0 saturated heterocycles. The smallest absolute Gasteiger partial charge is 0.0591 e. The van der Waals surface area contributed by atoms with E-state index in [2.05, 4.69) is 18.8 Å². The van der Waals surface area contributed by atoms with E-state index in [0.717, 1.165) is 30.2 Å². The van der Waals surface area contributed by atoms with E-state index in [1.165, 1.54) is 0 Å². The second-order valence-corrected chi connectivity index (χ2v) is 4.88. The van der Waals surface area contributed by atoms with Crippen molar-refractivity contribution >= 4 is 23.2 Å². The Bertz CT molecular complexity index is 382. The van der Waals surface area contributed by atoms with E-state index >= 15 is 0 Å². The lowest BCUT2D eigenvalue weighted by molar-refractivity contribution is 0.138. The van der Waals surface area contributed by atoms with E-state index in [-0.39, 0.29) is 6.04 Å². The van der Waals surface area contributed by atoms with E-state index < -0.39 is 0 Å². The van der Waals surface area contributed by atoms with Crippen LogP contribution in [0.5, 0.6) is 0 Å². The fourth-order valence-electron chi connectivity index (χ4n) is 1.57. The summed E-state index contributed by atoms with van der Waals surface area (Å²) in [4.78, 5) is 0. The molecule has 0 heterocycles. The standard InChI is InChI=1S/C14H19Cl2NO/c1-3-4-8-18-9-7-17-11(2)13-10-12(15)5-6-14(13)16/h3,5-6,10-11,17H,1,4,7-9H2,2H3. The van der Waals surface area contributed by atoms with Gasteiger partial charge in [0, 0.05) is 22.6 Å². The average molecular weight is 288 g/mol. The van der Waals surface area contributed by atoms with Gasteiger partial charge in [-0.1, -0.05) is 29.3 Å². The first-order valence-electron chi connectivity index (χ1n) is 6.02. The van der Waals surface area contributed by atoms with E-state index in [1.807, 2.05) is 18.2 Å². The van der Waals surface area contributed by atoms with Crippen molar-refractivity contribution < 1.29 is 4.74 Å². The first-order chi connectivity index (χ1) is 8.65. The molecule has 18 heavy (non-hydrogen) atoms. The Labute approximate surface area is 119 Å². The molecule has 1 N–H and O–H groups in total. The van der Waals surface area contributed by atoms with Crippen LogP contribution in [0.2, 0.25) is 10.0 Å². The molecule has 4 heteroatoms. The van der Waals surface area contributed by atoms with Crippen LogP contribution in [0.3, 0.4) is 0 Å². The fraction of sp³-hybridized carbons (Fsp3) is 0.429. The highest BCUT2D eigenvalue weighted by molar-refractivity contribution is 6.33. The van der Waals surface area contributed by atoms with Gasteiger partial charge in [0.1, 0.15) is 0 Å². The van der Waals surface area contributed by atoms with Crippen molar-refractivity contribution in [3.8, 4) is 0 Å². The van der Waals surface area contributed by atoms with Gasteiger partial charge in [0.15, 0.2) is 0 Å². The highest BCUT2D eigenvalue weighted by Crippen LogP contribution is 2.25. The molecule has 0 aliphatic carbocycles. The molecular weight excluding hydrogens is 269 g/mol. The Morgan fingerprint density at radius 1 is 1.39 bits per heavy atom. The van der Waals surface area contributed by atoms with Crippen LogP contribution in [0.15, 0.2) is 30.9 Å². The molecule has 0 amide bonds.